The molecule has 0 aliphatic carbocycles. The summed E-state index contributed by atoms with van der Waals surface area (Å²) >= 11 is 0. The molecule has 9 aromatic rings. The van der Waals surface area contributed by atoms with Gasteiger partial charge >= 0.3 is 0 Å². The highest BCUT2D eigenvalue weighted by Crippen LogP contribution is 2.43. The molecule has 0 bridgehead atoms. The second-order valence-corrected chi connectivity index (χ2v) is 18.4. The molecule has 0 heterocycles. The van der Waals surface area contributed by atoms with E-state index in [0.717, 1.165) is 93.9 Å². The third-order valence-corrected chi connectivity index (χ3v) is 12.5. The minimum Gasteiger partial charge on any atom is -0.311 e. The first-order chi connectivity index (χ1) is 33.4. The summed E-state index contributed by atoms with van der Waals surface area (Å²) in [6, 6.07) is 87.8. The van der Waals surface area contributed by atoms with Gasteiger partial charge in [-0.05, 0) is 188 Å². The Bertz CT molecular complexity index is 2640. The van der Waals surface area contributed by atoms with Crippen LogP contribution in [-0.4, -0.2) is 0 Å². The van der Waals surface area contributed by atoms with Gasteiger partial charge in [0.25, 0.3) is 0 Å². The van der Waals surface area contributed by atoms with Crippen molar-refractivity contribution in [3.05, 3.63) is 254 Å². The highest BCUT2D eigenvalue weighted by Gasteiger charge is 2.20. The van der Waals surface area contributed by atoms with Gasteiger partial charge in [0.05, 0.1) is 0 Å². The van der Waals surface area contributed by atoms with Crippen LogP contribution in [-0.2, 0) is 12.8 Å². The quantitative estimate of drug-likeness (QED) is 0.0851. The van der Waals surface area contributed by atoms with E-state index >= 15 is 0 Å². The summed E-state index contributed by atoms with van der Waals surface area (Å²) in [5.41, 5.74) is 15.9. The summed E-state index contributed by atoms with van der Waals surface area (Å²) in [7, 11) is 0. The molecule has 0 saturated carbocycles. The average molecular weight is 887 g/mol. The maximum absolute atomic E-state index is 2.39. The van der Waals surface area contributed by atoms with Gasteiger partial charge in [-0.25, -0.2) is 0 Å². The van der Waals surface area contributed by atoms with Crippen molar-refractivity contribution in [2.75, 3.05) is 19.6 Å². The molecule has 0 spiro atoms. The lowest BCUT2D eigenvalue weighted by Crippen LogP contribution is -2.14. The molecule has 0 radical (unpaired) electrons. The van der Waals surface area contributed by atoms with Crippen molar-refractivity contribution in [3.8, 4) is 0 Å². The summed E-state index contributed by atoms with van der Waals surface area (Å²) in [6.45, 7) is 9.19. The molecule has 68 heavy (non-hydrogen) atoms. The molecular weight excluding hydrogens is 825 g/mol. The van der Waals surface area contributed by atoms with Crippen LogP contribution in [0.5, 0.6) is 0 Å². The van der Waals surface area contributed by atoms with E-state index in [1.165, 1.54) is 11.1 Å². The third-order valence-electron chi connectivity index (χ3n) is 12.5. The molecule has 0 amide bonds. The number of aryl methyl sites for hydroxylation is 2. The molecule has 0 unspecified atom stereocenters. The van der Waals surface area contributed by atoms with Crippen molar-refractivity contribution in [1.82, 2.24) is 0 Å². The maximum atomic E-state index is 2.39. The zero-order chi connectivity index (χ0) is 46.7. The Morgan fingerprint density at radius 2 is 0.441 bits per heavy atom. The van der Waals surface area contributed by atoms with E-state index in [2.05, 4.69) is 290 Å². The molecule has 0 aromatic heterocycles. The van der Waals surface area contributed by atoms with E-state index in [1.54, 1.807) is 0 Å². The topological polar surface area (TPSA) is 13.0 Å². The van der Waals surface area contributed by atoms with E-state index in [9.17, 15) is 0 Å². The first kappa shape index (κ1) is 45.3. The van der Waals surface area contributed by atoms with Gasteiger partial charge in [0, 0.05) is 68.2 Å². The number of benzene rings is 9. The lowest BCUT2D eigenvalue weighted by molar-refractivity contribution is 0.586. The van der Waals surface area contributed by atoms with E-state index in [-0.39, 0.29) is 0 Å². The Kier molecular flexibility index (Phi) is 14.4. The molecule has 9 aromatic carbocycles. The highest BCUT2D eigenvalue weighted by atomic mass is 15.2. The zero-order valence-corrected chi connectivity index (χ0v) is 39.9. The molecule has 0 fully saturated rings. The molecule has 0 N–H and O–H groups in total. The smallest absolute Gasteiger partial charge is 0.0482 e. The first-order valence-corrected chi connectivity index (χ1v) is 24.3. The monoisotopic (exact) mass is 886 g/mol. The summed E-state index contributed by atoms with van der Waals surface area (Å²) in [6.07, 6.45) is 4.46. The van der Waals surface area contributed by atoms with Crippen molar-refractivity contribution in [3.63, 3.8) is 0 Å². The molecule has 9 rings (SSSR count). The first-order valence-electron chi connectivity index (χ1n) is 24.3. The molecule has 0 atom stereocenters. The Morgan fingerprint density at radius 3 is 0.691 bits per heavy atom. The Balaban J connectivity index is 1.13. The van der Waals surface area contributed by atoms with Crippen LogP contribution in [0.3, 0.4) is 0 Å². The minimum atomic E-state index is 0.654. The Labute approximate surface area is 405 Å². The molecule has 0 aliphatic rings. The van der Waals surface area contributed by atoms with Crippen molar-refractivity contribution >= 4 is 68.2 Å². The van der Waals surface area contributed by atoms with Crippen LogP contribution >= 0.6 is 0 Å². The van der Waals surface area contributed by atoms with Crippen molar-refractivity contribution in [1.29, 1.82) is 0 Å². The number of para-hydroxylation sites is 4. The van der Waals surface area contributed by atoms with Gasteiger partial charge < -0.3 is 19.6 Å². The van der Waals surface area contributed by atoms with Crippen LogP contribution in [0.4, 0.5) is 68.2 Å². The number of hydrogen-bond acceptors (Lipinski definition) is 4. The fourth-order valence-electron chi connectivity index (χ4n) is 8.90. The largest absolute Gasteiger partial charge is 0.311 e. The summed E-state index contributed by atoms with van der Waals surface area (Å²) in [4.78, 5) is 9.41. The Hall–Kier alpha value is -7.82. The van der Waals surface area contributed by atoms with Gasteiger partial charge in [-0.1, -0.05) is 131 Å². The second kappa shape index (κ2) is 21.7. The van der Waals surface area contributed by atoms with Crippen LogP contribution in [0.15, 0.2) is 243 Å². The predicted molar refractivity (Wildman–Crippen MR) is 291 cm³/mol. The predicted octanol–water partition coefficient (Wildman–Crippen LogP) is 18.7. The molecular formula is C64H62N4. The number of nitrogens with zero attached hydrogens (tertiary/aromatic N) is 4. The van der Waals surface area contributed by atoms with Crippen molar-refractivity contribution < 1.29 is 0 Å². The summed E-state index contributed by atoms with van der Waals surface area (Å²) in [5.74, 6) is 1.31. The molecule has 0 aliphatic heterocycles. The van der Waals surface area contributed by atoms with Crippen molar-refractivity contribution in [2.45, 2.75) is 53.4 Å². The second-order valence-electron chi connectivity index (χ2n) is 18.4. The van der Waals surface area contributed by atoms with Crippen LogP contribution in [0.1, 0.15) is 51.7 Å². The van der Waals surface area contributed by atoms with Crippen LogP contribution < -0.4 is 19.6 Å². The SMILES string of the molecule is CC(C)CCc1ccc(N(c2ccc(N(c3ccccc3)c3ccccc3)cc2)c2cccc(N(c3ccc(CCC(C)C)cc3)c3ccc(N(c4ccccc4)c4ccccc4)cc3)c2)cc1. The van der Waals surface area contributed by atoms with Gasteiger partial charge in [0.2, 0.25) is 0 Å². The molecule has 4 nitrogen and oxygen atoms in total. The van der Waals surface area contributed by atoms with E-state index in [1.807, 2.05) is 0 Å². The van der Waals surface area contributed by atoms with E-state index < -0.39 is 0 Å². The standard InChI is InChI=1S/C64H62N4/c1-49(2)28-30-51-32-36-57(37-33-51)67(61-44-40-59(41-45-61)65(53-18-9-5-10-19-53)54-20-11-6-12-21-54)63-26-17-27-64(48-63)68(58-38-34-52(35-39-58)31-29-50(3)4)62-46-42-60(43-47-62)66(55-22-13-7-14-23-55)56-24-15-8-16-25-56/h5-27,32-50H,28-31H2,1-4H3. The van der Waals surface area contributed by atoms with Gasteiger partial charge in [-0.3, -0.25) is 0 Å². The molecule has 4 heteroatoms. The van der Waals surface area contributed by atoms with Crippen LogP contribution in [0, 0.1) is 11.8 Å². The third kappa shape index (κ3) is 10.9. The maximum Gasteiger partial charge on any atom is 0.0482 e. The minimum absolute atomic E-state index is 0.654. The molecule has 338 valence electrons. The van der Waals surface area contributed by atoms with Gasteiger partial charge in [0.15, 0.2) is 0 Å². The van der Waals surface area contributed by atoms with E-state index in [4.69, 9.17) is 0 Å². The van der Waals surface area contributed by atoms with Crippen LogP contribution in [0.2, 0.25) is 0 Å². The summed E-state index contributed by atoms with van der Waals surface area (Å²) < 4.78 is 0. The highest BCUT2D eigenvalue weighted by molar-refractivity contribution is 5.86. The normalized spacial score (nSPS) is 11.1. The van der Waals surface area contributed by atoms with Gasteiger partial charge in [-0.15, -0.1) is 0 Å². The van der Waals surface area contributed by atoms with Crippen molar-refractivity contribution in [2.24, 2.45) is 11.8 Å². The lowest BCUT2D eigenvalue weighted by Gasteiger charge is -2.31. The van der Waals surface area contributed by atoms with E-state index in [0.29, 0.717) is 11.8 Å². The van der Waals surface area contributed by atoms with Gasteiger partial charge in [0.1, 0.15) is 0 Å². The Morgan fingerprint density at radius 1 is 0.235 bits per heavy atom. The number of anilines is 12. The average Bonchev–Trinajstić information content (AvgIpc) is 3.38. The summed E-state index contributed by atoms with van der Waals surface area (Å²) in [5, 5.41) is 0. The van der Waals surface area contributed by atoms with Crippen LogP contribution in [0.25, 0.3) is 0 Å². The van der Waals surface area contributed by atoms with Gasteiger partial charge in [-0.2, -0.15) is 0 Å². The fraction of sp³-hybridized carbons (Fsp3) is 0.156. The zero-order valence-electron chi connectivity index (χ0n) is 39.9. The fourth-order valence-corrected chi connectivity index (χ4v) is 8.90. The number of hydrogen-bond donors (Lipinski definition) is 0. The number of rotatable bonds is 18. The molecule has 0 saturated heterocycles. The lowest BCUT2D eigenvalue weighted by atomic mass is 10.0.